The molecule has 0 heterocycles. The van der Waals surface area contributed by atoms with Crippen molar-refractivity contribution >= 4 is 12.2 Å². The Kier molecular flexibility index (Phi) is 13.4. The average Bonchev–Trinajstić information content (AvgIpc) is 3.33. The second-order valence-corrected chi connectivity index (χ2v) is 14.7. The number of hydrogen-bond donors (Lipinski definition) is 0. The van der Waals surface area contributed by atoms with Crippen LogP contribution in [0.25, 0.3) is 12.2 Å². The Labute approximate surface area is 283 Å². The van der Waals surface area contributed by atoms with Gasteiger partial charge in [0.2, 0.25) is 0 Å². The molecule has 0 radical (unpaired) electrons. The van der Waals surface area contributed by atoms with Gasteiger partial charge in [0.25, 0.3) is 5.67 Å². The van der Waals surface area contributed by atoms with Crippen LogP contribution in [-0.4, -0.2) is 28.7 Å². The predicted molar refractivity (Wildman–Crippen MR) is 186 cm³/mol. The summed E-state index contributed by atoms with van der Waals surface area (Å²) < 4.78 is 79.6. The lowest BCUT2D eigenvalue weighted by molar-refractivity contribution is -0.0278. The fraction of sp³-hybridized carbons (Fsp3) is 0.450. The van der Waals surface area contributed by atoms with Crippen LogP contribution in [-0.2, 0) is 29.3 Å². The molecule has 0 spiro atoms. The molecule has 1 fully saturated rings. The molecule has 0 N–H and O–H groups in total. The summed E-state index contributed by atoms with van der Waals surface area (Å²) in [5.41, 5.74) is 0.0928. The summed E-state index contributed by atoms with van der Waals surface area (Å²) in [4.78, 5) is 0. The molecule has 48 heavy (non-hydrogen) atoms. The smallest absolute Gasteiger partial charge is 0.353 e. The Bertz CT molecular complexity index is 1430. The molecule has 0 amide bonds. The van der Waals surface area contributed by atoms with E-state index in [9.17, 15) is 22.0 Å². The number of ether oxygens (including phenoxy) is 3. The molecule has 3 aromatic rings. The van der Waals surface area contributed by atoms with Gasteiger partial charge in [0.05, 0.1) is 25.4 Å². The van der Waals surface area contributed by atoms with Crippen molar-refractivity contribution in [3.63, 3.8) is 0 Å². The van der Waals surface area contributed by atoms with E-state index in [1.54, 1.807) is 0 Å². The van der Waals surface area contributed by atoms with Gasteiger partial charge < -0.3 is 14.2 Å². The van der Waals surface area contributed by atoms with Gasteiger partial charge in [-0.15, -0.1) is 0 Å². The molecule has 0 unspecified atom stereocenters. The maximum absolute atomic E-state index is 13.1. The van der Waals surface area contributed by atoms with E-state index in [1.165, 1.54) is 11.1 Å². The zero-order chi connectivity index (χ0) is 36.6. The summed E-state index contributed by atoms with van der Waals surface area (Å²) in [6, 6.07) is 24.5. The zero-order valence-corrected chi connectivity index (χ0v) is 29.7. The topological polar surface area (TPSA) is 27.7 Å². The van der Waals surface area contributed by atoms with E-state index in [4.69, 9.17) is 14.2 Å². The van der Waals surface area contributed by atoms with Crippen molar-refractivity contribution in [2.24, 2.45) is 5.41 Å². The quantitative estimate of drug-likeness (QED) is 0.211. The minimum absolute atomic E-state index is 0.0723. The SMILES string of the molecule is C=Cc1ccc(COC(C)(C)C)cc1.C=Cc1ccc(COCc2ccc(OC(C)(C)C)cc2)cc1.CC(C)(C)C1(F)C(F)(F)C1(F)F. The average molecular weight is 675 g/mol. The van der Waals surface area contributed by atoms with Crippen LogP contribution in [0.5, 0.6) is 5.75 Å². The first kappa shape index (κ1) is 40.7. The molecule has 1 aliphatic rings. The number of hydrogen-bond acceptors (Lipinski definition) is 3. The molecule has 264 valence electrons. The first-order valence-corrected chi connectivity index (χ1v) is 15.8. The van der Waals surface area contributed by atoms with Crippen molar-refractivity contribution in [2.45, 2.75) is 111 Å². The second kappa shape index (κ2) is 15.8. The molecule has 3 aromatic carbocycles. The molecule has 0 aliphatic heterocycles. The van der Waals surface area contributed by atoms with E-state index in [2.05, 4.69) is 58.2 Å². The molecule has 0 saturated heterocycles. The Balaban J connectivity index is 0.000000266. The van der Waals surface area contributed by atoms with E-state index >= 15 is 0 Å². The first-order valence-electron chi connectivity index (χ1n) is 15.8. The van der Waals surface area contributed by atoms with Gasteiger partial charge >= 0.3 is 11.8 Å². The second-order valence-electron chi connectivity index (χ2n) is 14.7. The van der Waals surface area contributed by atoms with Crippen LogP contribution in [0.4, 0.5) is 22.0 Å². The van der Waals surface area contributed by atoms with Crippen molar-refractivity contribution in [2.75, 3.05) is 0 Å². The number of benzene rings is 3. The summed E-state index contributed by atoms with van der Waals surface area (Å²) in [6.07, 6.45) is 3.68. The number of alkyl halides is 5. The normalized spacial score (nSPS) is 16.0. The lowest BCUT2D eigenvalue weighted by Gasteiger charge is -2.22. The summed E-state index contributed by atoms with van der Waals surface area (Å²) in [5, 5.41) is 0. The van der Waals surface area contributed by atoms with E-state index in [-0.39, 0.29) is 11.2 Å². The van der Waals surface area contributed by atoms with E-state index < -0.39 is 22.9 Å². The van der Waals surface area contributed by atoms with Gasteiger partial charge in [-0.05, 0) is 81.5 Å². The lowest BCUT2D eigenvalue weighted by atomic mass is 9.87. The maximum atomic E-state index is 13.1. The first-order chi connectivity index (χ1) is 22.0. The molecular weight excluding hydrogens is 623 g/mol. The van der Waals surface area contributed by atoms with Crippen LogP contribution in [0.15, 0.2) is 86.0 Å². The minimum atomic E-state index is -4.52. The van der Waals surface area contributed by atoms with Crippen LogP contribution in [0.2, 0.25) is 0 Å². The van der Waals surface area contributed by atoms with Crippen molar-refractivity contribution in [1.82, 2.24) is 0 Å². The van der Waals surface area contributed by atoms with Crippen molar-refractivity contribution in [3.05, 3.63) is 114 Å². The third kappa shape index (κ3) is 11.0. The fourth-order valence-corrected chi connectivity index (χ4v) is 4.42. The van der Waals surface area contributed by atoms with Crippen LogP contribution in [0.3, 0.4) is 0 Å². The summed E-state index contributed by atoms with van der Waals surface area (Å²) in [5.74, 6) is -8.15. The Morgan fingerprint density at radius 2 is 0.896 bits per heavy atom. The van der Waals surface area contributed by atoms with Crippen molar-refractivity contribution < 1.29 is 36.2 Å². The van der Waals surface area contributed by atoms with E-state index in [0.717, 1.165) is 43.2 Å². The number of halogens is 5. The van der Waals surface area contributed by atoms with Gasteiger partial charge in [-0.2, -0.15) is 17.6 Å². The largest absolute Gasteiger partial charge is 0.488 e. The fourth-order valence-electron chi connectivity index (χ4n) is 4.42. The van der Waals surface area contributed by atoms with Crippen LogP contribution < -0.4 is 4.74 Å². The molecule has 3 nitrogen and oxygen atoms in total. The van der Waals surface area contributed by atoms with Gasteiger partial charge in [-0.1, -0.05) is 107 Å². The number of rotatable bonds is 9. The van der Waals surface area contributed by atoms with Gasteiger partial charge in [0.15, 0.2) is 0 Å². The molecular formula is C40H51F5O3. The standard InChI is InChI=1S/C20H24O2.C13H18O.C7H9F5/c1-5-16-6-8-17(9-7-16)14-21-15-18-10-12-19(13-11-18)22-20(2,3)4;1-5-11-6-8-12(9-7-11)10-14-13(2,3)4;1-4(2,3)5(8)6(9,10)7(5,11)12/h5-13H,1,14-15H2,2-4H3;5-9H,1,10H2,2-4H3;1-3H3. The van der Waals surface area contributed by atoms with Crippen molar-refractivity contribution in [1.29, 1.82) is 0 Å². The highest BCUT2D eigenvalue weighted by Gasteiger charge is 3.01. The summed E-state index contributed by atoms with van der Waals surface area (Å²) >= 11 is 0. The van der Waals surface area contributed by atoms with Gasteiger partial charge in [0.1, 0.15) is 11.4 Å². The van der Waals surface area contributed by atoms with Crippen molar-refractivity contribution in [3.8, 4) is 5.75 Å². The molecule has 0 aromatic heterocycles. The van der Waals surface area contributed by atoms with Crippen LogP contribution >= 0.6 is 0 Å². The third-order valence-corrected chi connectivity index (χ3v) is 7.22. The van der Waals surface area contributed by atoms with E-state index in [0.29, 0.717) is 19.8 Å². The Morgan fingerprint density at radius 3 is 1.17 bits per heavy atom. The van der Waals surface area contributed by atoms with Crippen LogP contribution in [0, 0.1) is 5.41 Å². The molecule has 0 bridgehead atoms. The Morgan fingerprint density at radius 1 is 0.542 bits per heavy atom. The highest BCUT2D eigenvalue weighted by atomic mass is 19.3. The summed E-state index contributed by atoms with van der Waals surface area (Å²) in [7, 11) is 0. The maximum Gasteiger partial charge on any atom is 0.353 e. The van der Waals surface area contributed by atoms with Gasteiger partial charge in [-0.25, -0.2) is 4.39 Å². The zero-order valence-electron chi connectivity index (χ0n) is 29.7. The third-order valence-electron chi connectivity index (χ3n) is 7.22. The lowest BCUT2D eigenvalue weighted by Crippen LogP contribution is -2.32. The van der Waals surface area contributed by atoms with Gasteiger partial charge in [-0.3, -0.25) is 0 Å². The molecule has 1 aliphatic carbocycles. The summed E-state index contributed by atoms with van der Waals surface area (Å²) in [6.45, 7) is 24.7. The monoisotopic (exact) mass is 674 g/mol. The molecule has 8 heteroatoms. The highest BCUT2D eigenvalue weighted by molar-refractivity contribution is 5.47. The van der Waals surface area contributed by atoms with Crippen LogP contribution in [0.1, 0.15) is 90.1 Å². The van der Waals surface area contributed by atoms with E-state index in [1.807, 2.05) is 81.5 Å². The predicted octanol–water partition coefficient (Wildman–Crippen LogP) is 11.9. The molecule has 0 atom stereocenters. The van der Waals surface area contributed by atoms with Gasteiger partial charge in [0, 0.05) is 5.41 Å². The minimum Gasteiger partial charge on any atom is -0.488 e. The highest BCUT2D eigenvalue weighted by Crippen LogP contribution is 2.74. The molecule has 1 saturated carbocycles. The molecule has 4 rings (SSSR count). The Hall–Kier alpha value is -3.49.